The minimum atomic E-state index is -4.75. The van der Waals surface area contributed by atoms with E-state index in [2.05, 4.69) is 4.98 Å². The van der Waals surface area contributed by atoms with Gasteiger partial charge in [0.1, 0.15) is 5.69 Å². The first-order valence-corrected chi connectivity index (χ1v) is 3.07. The van der Waals surface area contributed by atoms with Crippen LogP contribution in [0.4, 0.5) is 13.2 Å². The summed E-state index contributed by atoms with van der Waals surface area (Å²) in [5, 5.41) is 0. The molecule has 1 N–H and O–H groups in total. The first kappa shape index (κ1) is 9.43. The highest BCUT2D eigenvalue weighted by molar-refractivity contribution is 5.75. The number of rotatable bonds is 1. The van der Waals surface area contributed by atoms with Gasteiger partial charge in [-0.25, -0.2) is 9.78 Å². The van der Waals surface area contributed by atoms with E-state index in [0.717, 1.165) is 0 Å². The third-order valence-corrected chi connectivity index (χ3v) is 1.25. The summed E-state index contributed by atoms with van der Waals surface area (Å²) < 4.78 is 36.2. The molecule has 0 bridgehead atoms. The fourth-order valence-electron chi connectivity index (χ4n) is 0.728. The van der Waals surface area contributed by atoms with Crippen molar-refractivity contribution in [3.8, 4) is 0 Å². The highest BCUT2D eigenvalue weighted by Crippen LogP contribution is 2.28. The number of H-pyrrole nitrogens is 1. The molecule has 0 radical (unpaired) electrons. The Morgan fingerprint density at radius 2 is 2.08 bits per heavy atom. The van der Waals surface area contributed by atoms with Crippen LogP contribution in [0.1, 0.15) is 16.1 Å². The minimum absolute atomic E-state index is 0.0221. The molecule has 0 aromatic carbocycles. The Labute approximate surface area is 69.4 Å². The van der Waals surface area contributed by atoms with Crippen LogP contribution in [0.2, 0.25) is 0 Å². The van der Waals surface area contributed by atoms with Gasteiger partial charge in [-0.3, -0.25) is 4.79 Å². The zero-order valence-corrected chi connectivity index (χ0v) is 6.05. The van der Waals surface area contributed by atoms with E-state index in [1.54, 1.807) is 0 Å². The molecule has 0 aliphatic carbocycles. The number of halogens is 3. The van der Waals surface area contributed by atoms with Crippen LogP contribution in [0.5, 0.6) is 0 Å². The van der Waals surface area contributed by atoms with Crippen molar-refractivity contribution in [1.82, 2.24) is 9.97 Å². The quantitative estimate of drug-likeness (QED) is 0.662. The van der Waals surface area contributed by atoms with Gasteiger partial charge in [0.2, 0.25) is 0 Å². The third-order valence-electron chi connectivity index (χ3n) is 1.25. The lowest BCUT2D eigenvalue weighted by Crippen LogP contribution is -2.20. The average molecular weight is 192 g/mol. The number of aromatic amines is 1. The molecule has 0 aliphatic heterocycles. The normalized spacial score (nSPS) is 11.3. The van der Waals surface area contributed by atoms with Gasteiger partial charge in [-0.15, -0.1) is 0 Å². The second-order valence-electron chi connectivity index (χ2n) is 2.13. The predicted octanol–water partition coefficient (Wildman–Crippen LogP) is 0.601. The molecular weight excluding hydrogens is 189 g/mol. The minimum Gasteiger partial charge on any atom is -0.301 e. The fourth-order valence-corrected chi connectivity index (χ4v) is 0.728. The number of nitrogens with zero attached hydrogens (tertiary/aromatic N) is 1. The molecule has 1 heterocycles. The molecule has 1 aromatic heterocycles. The van der Waals surface area contributed by atoms with E-state index >= 15 is 0 Å². The lowest BCUT2D eigenvalue weighted by Gasteiger charge is -2.06. The van der Waals surface area contributed by atoms with Crippen molar-refractivity contribution in [3.05, 3.63) is 27.9 Å². The standard InChI is InChI=1S/C6H3F3N2O2/c7-6(8,9)4-3(2-12)1-10-5(13)11-4/h1-2H,(H,10,11,13). The Bertz CT molecular complexity index is 382. The number of aldehydes is 1. The predicted molar refractivity (Wildman–Crippen MR) is 35.2 cm³/mol. The molecule has 0 aliphatic rings. The van der Waals surface area contributed by atoms with E-state index in [0.29, 0.717) is 6.20 Å². The van der Waals surface area contributed by atoms with Crippen LogP contribution in [0.15, 0.2) is 11.0 Å². The number of alkyl halides is 3. The summed E-state index contributed by atoms with van der Waals surface area (Å²) in [6, 6.07) is 0. The van der Waals surface area contributed by atoms with Gasteiger partial charge >= 0.3 is 11.9 Å². The molecule has 0 saturated carbocycles. The maximum absolute atomic E-state index is 12.1. The summed E-state index contributed by atoms with van der Waals surface area (Å²) in [7, 11) is 0. The molecule has 0 unspecified atom stereocenters. The molecule has 0 spiro atoms. The van der Waals surface area contributed by atoms with Crippen LogP contribution < -0.4 is 5.69 Å². The van der Waals surface area contributed by atoms with Crippen molar-refractivity contribution in [1.29, 1.82) is 0 Å². The van der Waals surface area contributed by atoms with E-state index in [-0.39, 0.29) is 6.29 Å². The fraction of sp³-hybridized carbons (Fsp3) is 0.167. The second-order valence-corrected chi connectivity index (χ2v) is 2.13. The Hall–Kier alpha value is -1.66. The van der Waals surface area contributed by atoms with E-state index in [4.69, 9.17) is 0 Å². The largest absolute Gasteiger partial charge is 0.432 e. The monoisotopic (exact) mass is 192 g/mol. The van der Waals surface area contributed by atoms with Crippen molar-refractivity contribution in [2.45, 2.75) is 6.18 Å². The Morgan fingerprint density at radius 1 is 1.46 bits per heavy atom. The maximum Gasteiger partial charge on any atom is 0.432 e. The molecule has 7 heteroatoms. The topological polar surface area (TPSA) is 62.8 Å². The van der Waals surface area contributed by atoms with Gasteiger partial charge in [-0.1, -0.05) is 0 Å². The van der Waals surface area contributed by atoms with E-state index in [1.807, 2.05) is 0 Å². The Balaban J connectivity index is 3.41. The lowest BCUT2D eigenvalue weighted by molar-refractivity contribution is -0.141. The average Bonchev–Trinajstić information content (AvgIpc) is 2.03. The highest BCUT2D eigenvalue weighted by atomic mass is 19.4. The summed E-state index contributed by atoms with van der Waals surface area (Å²) in [6.07, 6.45) is -4.20. The molecule has 13 heavy (non-hydrogen) atoms. The van der Waals surface area contributed by atoms with Crippen LogP contribution in [-0.4, -0.2) is 16.3 Å². The summed E-state index contributed by atoms with van der Waals surface area (Å²) in [5.74, 6) is 0. The van der Waals surface area contributed by atoms with Crippen LogP contribution in [0.3, 0.4) is 0 Å². The molecule has 0 atom stereocenters. The van der Waals surface area contributed by atoms with Gasteiger partial charge in [0.15, 0.2) is 6.29 Å². The number of carbonyl (C=O) groups excluding carboxylic acids is 1. The zero-order valence-electron chi connectivity index (χ0n) is 6.05. The highest BCUT2D eigenvalue weighted by Gasteiger charge is 2.34. The van der Waals surface area contributed by atoms with Crippen molar-refractivity contribution >= 4 is 6.29 Å². The number of aromatic nitrogens is 2. The first-order valence-electron chi connectivity index (χ1n) is 3.07. The van der Waals surface area contributed by atoms with Gasteiger partial charge in [-0.05, 0) is 0 Å². The summed E-state index contributed by atoms with van der Waals surface area (Å²) in [4.78, 5) is 25.0. The number of carbonyl (C=O) groups is 1. The van der Waals surface area contributed by atoms with Crippen molar-refractivity contribution in [3.63, 3.8) is 0 Å². The molecule has 4 nitrogen and oxygen atoms in total. The van der Waals surface area contributed by atoms with E-state index in [1.165, 1.54) is 4.98 Å². The summed E-state index contributed by atoms with van der Waals surface area (Å²) >= 11 is 0. The van der Waals surface area contributed by atoms with Crippen LogP contribution in [-0.2, 0) is 6.18 Å². The molecule has 0 fully saturated rings. The Morgan fingerprint density at radius 3 is 2.54 bits per heavy atom. The lowest BCUT2D eigenvalue weighted by atomic mass is 10.2. The third kappa shape index (κ3) is 1.92. The first-order chi connectivity index (χ1) is 5.95. The van der Waals surface area contributed by atoms with Crippen LogP contribution >= 0.6 is 0 Å². The molecule has 1 rings (SSSR count). The molecular formula is C6H3F3N2O2. The number of nitrogens with one attached hydrogen (secondary N) is 1. The maximum atomic E-state index is 12.1. The van der Waals surface area contributed by atoms with Gasteiger partial charge in [0.05, 0.1) is 5.56 Å². The Kier molecular flexibility index (Phi) is 2.18. The van der Waals surface area contributed by atoms with Crippen molar-refractivity contribution in [2.24, 2.45) is 0 Å². The zero-order chi connectivity index (χ0) is 10.1. The molecule has 70 valence electrons. The number of hydrogen-bond donors (Lipinski definition) is 1. The van der Waals surface area contributed by atoms with Crippen LogP contribution in [0, 0.1) is 0 Å². The molecule has 0 amide bonds. The van der Waals surface area contributed by atoms with E-state index < -0.39 is 23.1 Å². The second kappa shape index (κ2) is 3.00. The van der Waals surface area contributed by atoms with Gasteiger partial charge in [0, 0.05) is 6.20 Å². The summed E-state index contributed by atoms with van der Waals surface area (Å²) in [5.41, 5.74) is -3.20. The SMILES string of the molecule is O=Cc1cnc(=O)[nH]c1C(F)(F)F. The number of hydrogen-bond acceptors (Lipinski definition) is 3. The smallest absolute Gasteiger partial charge is 0.301 e. The molecule has 0 saturated heterocycles. The van der Waals surface area contributed by atoms with E-state index in [9.17, 15) is 22.8 Å². The van der Waals surface area contributed by atoms with Crippen molar-refractivity contribution in [2.75, 3.05) is 0 Å². The van der Waals surface area contributed by atoms with Crippen molar-refractivity contribution < 1.29 is 18.0 Å². The van der Waals surface area contributed by atoms with Crippen LogP contribution in [0.25, 0.3) is 0 Å². The molecule has 1 aromatic rings. The van der Waals surface area contributed by atoms with Gasteiger partial charge < -0.3 is 4.98 Å². The van der Waals surface area contributed by atoms with Gasteiger partial charge in [0.25, 0.3) is 0 Å². The van der Waals surface area contributed by atoms with Gasteiger partial charge in [-0.2, -0.15) is 13.2 Å². The summed E-state index contributed by atoms with van der Waals surface area (Å²) in [6.45, 7) is 0.